The van der Waals surface area contributed by atoms with Crippen LogP contribution in [0.25, 0.3) is 21.9 Å². The summed E-state index contributed by atoms with van der Waals surface area (Å²) in [5.74, 6) is 0.0515. The Morgan fingerprint density at radius 3 is 2.96 bits per heavy atom. The number of hydrogen-bond acceptors (Lipinski definition) is 3. The Labute approximate surface area is 156 Å². The number of hydrogen-bond donors (Lipinski definition) is 1. The highest BCUT2D eigenvalue weighted by atomic mass is 16.2. The fourth-order valence-electron chi connectivity index (χ4n) is 4.02. The number of nitrogens with zero attached hydrogens (tertiary/aromatic N) is 4. The predicted molar refractivity (Wildman–Crippen MR) is 105 cm³/mol. The topological polar surface area (TPSA) is 66.8 Å². The Morgan fingerprint density at radius 2 is 2.11 bits per heavy atom. The summed E-state index contributed by atoms with van der Waals surface area (Å²) in [7, 11) is 0. The number of H-pyrrole nitrogens is 1. The first-order valence-electron chi connectivity index (χ1n) is 9.36. The molecule has 4 aromatic rings. The Hall–Kier alpha value is -3.15. The lowest BCUT2D eigenvalue weighted by Gasteiger charge is -2.27. The summed E-state index contributed by atoms with van der Waals surface area (Å²) in [5, 5.41) is 9.55. The van der Waals surface area contributed by atoms with Crippen molar-refractivity contribution in [1.29, 1.82) is 0 Å². The van der Waals surface area contributed by atoms with Crippen molar-refractivity contribution in [3.8, 4) is 0 Å². The lowest BCUT2D eigenvalue weighted by atomic mass is 10.0. The van der Waals surface area contributed by atoms with Gasteiger partial charge in [-0.2, -0.15) is 0 Å². The number of aromatic nitrogens is 4. The van der Waals surface area contributed by atoms with Crippen LogP contribution in [0.1, 0.15) is 34.1 Å². The van der Waals surface area contributed by atoms with E-state index in [1.54, 1.807) is 0 Å². The van der Waals surface area contributed by atoms with E-state index in [2.05, 4.69) is 40.4 Å². The predicted octanol–water partition coefficient (Wildman–Crippen LogP) is 3.44. The first-order chi connectivity index (χ1) is 13.1. The number of fused-ring (bicyclic) bond motifs is 4. The van der Waals surface area contributed by atoms with Crippen molar-refractivity contribution in [2.45, 2.75) is 33.4 Å². The molecule has 0 radical (unpaired) electrons. The minimum absolute atomic E-state index is 0.0515. The van der Waals surface area contributed by atoms with E-state index >= 15 is 0 Å². The maximum absolute atomic E-state index is 13.1. The van der Waals surface area contributed by atoms with Gasteiger partial charge in [-0.1, -0.05) is 16.8 Å². The largest absolute Gasteiger partial charge is 0.358 e. The number of rotatable bonds is 2. The molecule has 0 fully saturated rings. The summed E-state index contributed by atoms with van der Waals surface area (Å²) in [4.78, 5) is 18.6. The highest BCUT2D eigenvalue weighted by Gasteiger charge is 2.25. The second-order valence-electron chi connectivity index (χ2n) is 7.22. The number of carbonyl (C=O) groups excluding carboxylic acids is 1. The third-order valence-electron chi connectivity index (χ3n) is 5.48. The normalized spacial score (nSPS) is 14.1. The van der Waals surface area contributed by atoms with Gasteiger partial charge in [0.25, 0.3) is 5.91 Å². The van der Waals surface area contributed by atoms with Gasteiger partial charge in [0.1, 0.15) is 5.52 Å². The quantitative estimate of drug-likeness (QED) is 0.596. The highest BCUT2D eigenvalue weighted by Crippen LogP contribution is 2.29. The number of aryl methyl sites for hydroxylation is 2. The van der Waals surface area contributed by atoms with Gasteiger partial charge in [-0.15, -0.1) is 5.10 Å². The minimum Gasteiger partial charge on any atom is -0.358 e. The number of aromatic amines is 1. The average Bonchev–Trinajstić information content (AvgIpc) is 3.27. The van der Waals surface area contributed by atoms with Crippen LogP contribution in [0.3, 0.4) is 0 Å². The molecule has 0 saturated carbocycles. The standard InChI is InChI=1S/C21H21N5O/c1-3-26-20-7-5-14(11-19(20)23-24-26)21(27)25-9-8-18-16(12-25)15-10-13(2)4-6-17(15)22-18/h4-7,10-11,22H,3,8-9,12H2,1-2H3. The van der Waals surface area contributed by atoms with Crippen LogP contribution in [0.2, 0.25) is 0 Å². The first-order valence-corrected chi connectivity index (χ1v) is 9.36. The molecule has 0 spiro atoms. The molecule has 136 valence electrons. The number of benzene rings is 2. The maximum atomic E-state index is 13.1. The minimum atomic E-state index is 0.0515. The van der Waals surface area contributed by atoms with E-state index in [-0.39, 0.29) is 5.91 Å². The molecule has 1 aliphatic heterocycles. The third kappa shape index (κ3) is 2.51. The molecule has 0 saturated heterocycles. The van der Waals surface area contributed by atoms with E-state index < -0.39 is 0 Å². The van der Waals surface area contributed by atoms with Crippen molar-refractivity contribution in [2.24, 2.45) is 0 Å². The van der Waals surface area contributed by atoms with E-state index in [4.69, 9.17) is 0 Å². The summed E-state index contributed by atoms with van der Waals surface area (Å²) in [6.07, 6.45) is 0.850. The zero-order valence-electron chi connectivity index (χ0n) is 15.5. The van der Waals surface area contributed by atoms with Crippen LogP contribution in [-0.2, 0) is 19.5 Å². The second-order valence-corrected chi connectivity index (χ2v) is 7.22. The Kier molecular flexibility index (Phi) is 3.53. The molecule has 1 N–H and O–H groups in total. The molecule has 5 rings (SSSR count). The third-order valence-corrected chi connectivity index (χ3v) is 5.48. The SMILES string of the molecule is CCn1nnc2cc(C(=O)N3CCc4[nH]c5ccc(C)cc5c4C3)ccc21. The summed E-state index contributed by atoms with van der Waals surface area (Å²) in [6, 6.07) is 12.1. The lowest BCUT2D eigenvalue weighted by Crippen LogP contribution is -2.35. The smallest absolute Gasteiger partial charge is 0.254 e. The average molecular weight is 359 g/mol. The fraction of sp³-hybridized carbons (Fsp3) is 0.286. The van der Waals surface area contributed by atoms with E-state index in [0.717, 1.165) is 36.1 Å². The van der Waals surface area contributed by atoms with Crippen LogP contribution in [-0.4, -0.2) is 37.3 Å². The van der Waals surface area contributed by atoms with E-state index in [0.29, 0.717) is 12.1 Å². The van der Waals surface area contributed by atoms with Crippen molar-refractivity contribution in [3.63, 3.8) is 0 Å². The lowest BCUT2D eigenvalue weighted by molar-refractivity contribution is 0.0735. The zero-order chi connectivity index (χ0) is 18.5. The molecule has 0 unspecified atom stereocenters. The molecule has 0 bridgehead atoms. The molecule has 2 aromatic heterocycles. The number of amides is 1. The summed E-state index contributed by atoms with van der Waals surface area (Å²) < 4.78 is 1.84. The maximum Gasteiger partial charge on any atom is 0.254 e. The number of carbonyl (C=O) groups is 1. The van der Waals surface area contributed by atoms with E-state index in [1.165, 1.54) is 22.2 Å². The zero-order valence-corrected chi connectivity index (χ0v) is 15.5. The summed E-state index contributed by atoms with van der Waals surface area (Å²) in [5.41, 5.74) is 7.28. The Bertz CT molecular complexity index is 1190. The molecule has 2 aromatic carbocycles. The van der Waals surface area contributed by atoms with Crippen LogP contribution in [0.15, 0.2) is 36.4 Å². The van der Waals surface area contributed by atoms with Crippen LogP contribution >= 0.6 is 0 Å². The molecule has 0 atom stereocenters. The van der Waals surface area contributed by atoms with Gasteiger partial charge >= 0.3 is 0 Å². The van der Waals surface area contributed by atoms with Gasteiger partial charge in [0.2, 0.25) is 0 Å². The van der Waals surface area contributed by atoms with Gasteiger partial charge in [-0.3, -0.25) is 4.79 Å². The summed E-state index contributed by atoms with van der Waals surface area (Å²) in [6.45, 7) is 6.25. The van der Waals surface area contributed by atoms with Gasteiger partial charge in [-0.05, 0) is 44.2 Å². The molecule has 1 amide bonds. The second kappa shape index (κ2) is 5.94. The van der Waals surface area contributed by atoms with E-state index in [9.17, 15) is 4.79 Å². The van der Waals surface area contributed by atoms with Crippen molar-refractivity contribution < 1.29 is 4.79 Å². The molecule has 27 heavy (non-hydrogen) atoms. The molecule has 6 heteroatoms. The van der Waals surface area contributed by atoms with Gasteiger partial charge < -0.3 is 9.88 Å². The van der Waals surface area contributed by atoms with E-state index in [1.807, 2.05) is 34.7 Å². The fourth-order valence-corrected chi connectivity index (χ4v) is 4.02. The van der Waals surface area contributed by atoms with Crippen molar-refractivity contribution in [1.82, 2.24) is 24.9 Å². The van der Waals surface area contributed by atoms with Crippen LogP contribution in [0.4, 0.5) is 0 Å². The Balaban J connectivity index is 1.48. The molecule has 0 aliphatic carbocycles. The summed E-state index contributed by atoms with van der Waals surface area (Å²) >= 11 is 0. The van der Waals surface area contributed by atoms with Crippen LogP contribution in [0, 0.1) is 6.92 Å². The monoisotopic (exact) mass is 359 g/mol. The van der Waals surface area contributed by atoms with Crippen molar-refractivity contribution >= 4 is 27.8 Å². The number of nitrogens with one attached hydrogen (secondary N) is 1. The molecule has 1 aliphatic rings. The highest BCUT2D eigenvalue weighted by molar-refractivity contribution is 5.98. The van der Waals surface area contributed by atoms with Crippen LogP contribution < -0.4 is 0 Å². The first kappa shape index (κ1) is 16.1. The van der Waals surface area contributed by atoms with Gasteiger partial charge in [0.05, 0.1) is 5.52 Å². The van der Waals surface area contributed by atoms with Gasteiger partial charge in [0, 0.05) is 53.8 Å². The molecular weight excluding hydrogens is 338 g/mol. The molecular formula is C21H21N5O. The van der Waals surface area contributed by atoms with Crippen molar-refractivity contribution in [2.75, 3.05) is 6.54 Å². The Morgan fingerprint density at radius 1 is 1.22 bits per heavy atom. The van der Waals surface area contributed by atoms with Gasteiger partial charge in [0.15, 0.2) is 0 Å². The van der Waals surface area contributed by atoms with Gasteiger partial charge in [-0.25, -0.2) is 4.68 Å². The molecule has 6 nitrogen and oxygen atoms in total. The van der Waals surface area contributed by atoms with Crippen LogP contribution in [0.5, 0.6) is 0 Å². The molecule has 3 heterocycles. The van der Waals surface area contributed by atoms with Crippen molar-refractivity contribution in [3.05, 3.63) is 58.8 Å².